The number of benzene rings is 1. The van der Waals surface area contributed by atoms with Gasteiger partial charge in [-0.25, -0.2) is 8.42 Å². The van der Waals surface area contributed by atoms with E-state index in [1.165, 1.54) is 0 Å². The summed E-state index contributed by atoms with van der Waals surface area (Å²) < 4.78 is 24.1. The molecule has 1 unspecified atom stereocenters. The lowest BCUT2D eigenvalue weighted by molar-refractivity contribution is -0.125. The minimum absolute atomic E-state index is 0.0434. The van der Waals surface area contributed by atoms with Crippen molar-refractivity contribution in [2.24, 2.45) is 5.73 Å². The first-order chi connectivity index (χ1) is 9.88. The Bertz CT molecular complexity index is 632. The number of halogens is 1. The molecule has 0 aliphatic rings. The molecule has 124 valence electrons. The molecule has 1 aromatic carbocycles. The summed E-state index contributed by atoms with van der Waals surface area (Å²) in [6.07, 6.45) is 0. The van der Waals surface area contributed by atoms with Crippen LogP contribution in [0.15, 0.2) is 28.7 Å². The van der Waals surface area contributed by atoms with Crippen LogP contribution in [0.5, 0.6) is 0 Å². The summed E-state index contributed by atoms with van der Waals surface area (Å²) in [6.45, 7) is 6.56. The molecule has 0 fully saturated rings. The second-order valence-corrected chi connectivity index (χ2v) is 10.2. The summed E-state index contributed by atoms with van der Waals surface area (Å²) >= 11 is 3.32. The molecule has 1 atom stereocenters. The number of amides is 1. The summed E-state index contributed by atoms with van der Waals surface area (Å²) in [5.74, 6) is -0.516. The fourth-order valence-corrected chi connectivity index (χ4v) is 2.96. The van der Waals surface area contributed by atoms with Crippen molar-refractivity contribution in [1.29, 1.82) is 0 Å². The third-order valence-corrected chi connectivity index (χ3v) is 6.64. The molecule has 1 aromatic rings. The molecule has 0 radical (unpaired) electrons. The van der Waals surface area contributed by atoms with Gasteiger partial charge in [0.1, 0.15) is 5.54 Å². The first-order valence-corrected chi connectivity index (χ1v) is 9.38. The van der Waals surface area contributed by atoms with Gasteiger partial charge in [0, 0.05) is 11.0 Å². The van der Waals surface area contributed by atoms with Gasteiger partial charge in [-0.3, -0.25) is 4.79 Å². The van der Waals surface area contributed by atoms with E-state index in [1.54, 1.807) is 52.0 Å². The Hall–Kier alpha value is -0.920. The Kier molecular flexibility index (Phi) is 5.81. The second kappa shape index (κ2) is 6.68. The van der Waals surface area contributed by atoms with Crippen molar-refractivity contribution in [3.63, 3.8) is 0 Å². The molecule has 0 aliphatic carbocycles. The van der Waals surface area contributed by atoms with Crippen molar-refractivity contribution in [1.82, 2.24) is 5.32 Å². The number of hydrogen-bond donors (Lipinski definition) is 2. The average molecular weight is 391 g/mol. The van der Waals surface area contributed by atoms with Gasteiger partial charge in [-0.1, -0.05) is 28.1 Å². The van der Waals surface area contributed by atoms with Gasteiger partial charge in [0.25, 0.3) is 0 Å². The van der Waals surface area contributed by atoms with Crippen LogP contribution in [0, 0.1) is 0 Å². The molecule has 0 aromatic heterocycles. The predicted molar refractivity (Wildman–Crippen MR) is 92.2 cm³/mol. The SMILES string of the molecule is CC(N)(C(=O)NCCS(=O)(=O)C(C)(C)C)c1ccc(Br)cc1. The van der Waals surface area contributed by atoms with E-state index < -0.39 is 26.0 Å². The lowest BCUT2D eigenvalue weighted by atomic mass is 9.92. The predicted octanol–water partition coefficient (Wildman–Crippen LogP) is 1.95. The van der Waals surface area contributed by atoms with Crippen molar-refractivity contribution < 1.29 is 13.2 Å². The molecule has 1 amide bonds. The van der Waals surface area contributed by atoms with E-state index in [0.717, 1.165) is 4.47 Å². The molecule has 0 heterocycles. The quantitative estimate of drug-likeness (QED) is 0.803. The smallest absolute Gasteiger partial charge is 0.244 e. The number of nitrogens with two attached hydrogens (primary N) is 1. The number of carbonyl (C=O) groups excluding carboxylic acids is 1. The zero-order valence-electron chi connectivity index (χ0n) is 13.3. The number of carbonyl (C=O) groups is 1. The highest BCUT2D eigenvalue weighted by Gasteiger charge is 2.32. The molecule has 1 rings (SSSR count). The molecule has 0 saturated carbocycles. The molecule has 7 heteroatoms. The maximum Gasteiger partial charge on any atom is 0.244 e. The molecule has 0 bridgehead atoms. The zero-order chi connectivity index (χ0) is 17.2. The van der Waals surface area contributed by atoms with Crippen LogP contribution in [0.4, 0.5) is 0 Å². The highest BCUT2D eigenvalue weighted by molar-refractivity contribution is 9.10. The van der Waals surface area contributed by atoms with E-state index >= 15 is 0 Å². The van der Waals surface area contributed by atoms with Gasteiger partial charge >= 0.3 is 0 Å². The number of rotatable bonds is 5. The van der Waals surface area contributed by atoms with Crippen LogP contribution in [0.2, 0.25) is 0 Å². The first kappa shape index (κ1) is 19.1. The van der Waals surface area contributed by atoms with Crippen LogP contribution < -0.4 is 11.1 Å². The standard InChI is InChI=1S/C15H23BrN2O3S/c1-14(2,3)22(20,21)10-9-18-13(19)15(4,17)11-5-7-12(16)8-6-11/h5-8H,9-10,17H2,1-4H3,(H,18,19). The van der Waals surface area contributed by atoms with Crippen LogP contribution in [-0.2, 0) is 20.2 Å². The van der Waals surface area contributed by atoms with Gasteiger partial charge < -0.3 is 11.1 Å². The first-order valence-electron chi connectivity index (χ1n) is 6.93. The fraction of sp³-hybridized carbons (Fsp3) is 0.533. The Labute approximate surface area is 140 Å². The number of hydrogen-bond acceptors (Lipinski definition) is 4. The second-order valence-electron chi connectivity index (χ2n) is 6.40. The van der Waals surface area contributed by atoms with E-state index in [1.807, 2.05) is 0 Å². The van der Waals surface area contributed by atoms with Gasteiger partial charge in [0.2, 0.25) is 5.91 Å². The largest absolute Gasteiger partial charge is 0.353 e. The fourth-order valence-electron chi connectivity index (χ4n) is 1.72. The van der Waals surface area contributed by atoms with Gasteiger partial charge in [-0.15, -0.1) is 0 Å². The third kappa shape index (κ3) is 4.54. The van der Waals surface area contributed by atoms with E-state index in [-0.39, 0.29) is 12.3 Å². The Morgan fingerprint density at radius 3 is 2.14 bits per heavy atom. The van der Waals surface area contributed by atoms with Crippen molar-refractivity contribution in [3.05, 3.63) is 34.3 Å². The lowest BCUT2D eigenvalue weighted by Gasteiger charge is -2.25. The monoisotopic (exact) mass is 390 g/mol. The molecule has 3 N–H and O–H groups in total. The normalized spacial score (nSPS) is 15.2. The summed E-state index contributed by atoms with van der Waals surface area (Å²) in [5, 5.41) is 2.61. The minimum Gasteiger partial charge on any atom is -0.353 e. The Balaban J connectivity index is 2.71. The van der Waals surface area contributed by atoms with E-state index in [0.29, 0.717) is 5.56 Å². The van der Waals surface area contributed by atoms with Crippen LogP contribution in [0.3, 0.4) is 0 Å². The Morgan fingerprint density at radius 1 is 1.18 bits per heavy atom. The molecule has 22 heavy (non-hydrogen) atoms. The van der Waals surface area contributed by atoms with Gasteiger partial charge in [-0.05, 0) is 45.4 Å². The minimum atomic E-state index is -3.27. The number of sulfone groups is 1. The molecular weight excluding hydrogens is 368 g/mol. The zero-order valence-corrected chi connectivity index (χ0v) is 15.7. The van der Waals surface area contributed by atoms with E-state index in [9.17, 15) is 13.2 Å². The molecule has 0 aliphatic heterocycles. The molecule has 0 saturated heterocycles. The summed E-state index contributed by atoms with van der Waals surface area (Å²) in [6, 6.07) is 7.13. The molecule has 5 nitrogen and oxygen atoms in total. The third-order valence-electron chi connectivity index (χ3n) is 3.50. The lowest BCUT2D eigenvalue weighted by Crippen LogP contribution is -2.50. The van der Waals surface area contributed by atoms with Gasteiger partial charge in [-0.2, -0.15) is 0 Å². The summed E-state index contributed by atoms with van der Waals surface area (Å²) in [5.41, 5.74) is 5.53. The van der Waals surface area contributed by atoms with Gasteiger partial charge in [0.05, 0.1) is 10.5 Å². The highest BCUT2D eigenvalue weighted by Crippen LogP contribution is 2.21. The van der Waals surface area contributed by atoms with Gasteiger partial charge in [0.15, 0.2) is 9.84 Å². The maximum atomic E-state index is 12.2. The topological polar surface area (TPSA) is 89.3 Å². The molecule has 0 spiro atoms. The Morgan fingerprint density at radius 2 is 1.68 bits per heavy atom. The highest BCUT2D eigenvalue weighted by atomic mass is 79.9. The van der Waals surface area contributed by atoms with Crippen LogP contribution >= 0.6 is 15.9 Å². The van der Waals surface area contributed by atoms with E-state index in [4.69, 9.17) is 5.73 Å². The van der Waals surface area contributed by atoms with Crippen molar-refractivity contribution in [2.45, 2.75) is 38.0 Å². The average Bonchev–Trinajstić information content (AvgIpc) is 2.37. The van der Waals surface area contributed by atoms with Crippen molar-refractivity contribution >= 4 is 31.7 Å². The summed E-state index contributed by atoms with van der Waals surface area (Å²) in [7, 11) is -3.27. The van der Waals surface area contributed by atoms with E-state index in [2.05, 4.69) is 21.2 Å². The van der Waals surface area contributed by atoms with Crippen molar-refractivity contribution in [2.75, 3.05) is 12.3 Å². The van der Waals surface area contributed by atoms with Crippen LogP contribution in [-0.4, -0.2) is 31.4 Å². The maximum absolute atomic E-state index is 12.2. The van der Waals surface area contributed by atoms with Crippen LogP contribution in [0.25, 0.3) is 0 Å². The summed E-state index contributed by atoms with van der Waals surface area (Å²) in [4.78, 5) is 12.2. The number of nitrogens with one attached hydrogen (secondary N) is 1. The van der Waals surface area contributed by atoms with Crippen molar-refractivity contribution in [3.8, 4) is 0 Å². The van der Waals surface area contributed by atoms with Crippen LogP contribution in [0.1, 0.15) is 33.3 Å². The molecular formula is C15H23BrN2O3S.